The third-order valence-corrected chi connectivity index (χ3v) is 11.2. The molecule has 3 amide bonds. The van der Waals surface area contributed by atoms with E-state index in [1.165, 1.54) is 16.9 Å². The maximum atomic E-state index is 14.9. The smallest absolute Gasteiger partial charge is 0.313 e. The highest BCUT2D eigenvalue weighted by molar-refractivity contribution is 9.09. The Hall–Kier alpha value is -3.55. The molecule has 3 aliphatic rings. The van der Waals surface area contributed by atoms with Crippen molar-refractivity contribution in [1.29, 1.82) is 0 Å². The van der Waals surface area contributed by atoms with E-state index in [0.29, 0.717) is 29.1 Å². The molecule has 2 bridgehead atoms. The van der Waals surface area contributed by atoms with Crippen molar-refractivity contribution in [3.63, 3.8) is 0 Å². The first-order valence-electron chi connectivity index (χ1n) is 17.1. The number of nitrogens with one attached hydrogen (secondary N) is 1. The molecule has 3 saturated heterocycles. The summed E-state index contributed by atoms with van der Waals surface area (Å²) >= 11 is 10.3. The minimum Gasteiger partial charge on any atom is -0.455 e. The third-order valence-electron chi connectivity index (χ3n) is 10.0. The van der Waals surface area contributed by atoms with Gasteiger partial charge in [-0.05, 0) is 37.0 Å². The normalized spacial score (nSPS) is 26.6. The Labute approximate surface area is 312 Å². The highest BCUT2D eigenvalue weighted by Crippen LogP contribution is 2.61. The summed E-state index contributed by atoms with van der Waals surface area (Å²) in [4.78, 5) is 59.5. The molecule has 51 heavy (non-hydrogen) atoms. The molecular formula is C38H45BrClN3O8. The highest BCUT2D eigenvalue weighted by Gasteiger charge is 2.77. The molecule has 5 rings (SSSR count). The third kappa shape index (κ3) is 7.39. The Morgan fingerprint density at radius 1 is 1.18 bits per heavy atom. The molecule has 1 spiro atoms. The predicted octanol–water partition coefficient (Wildman–Crippen LogP) is 4.76. The van der Waals surface area contributed by atoms with Gasteiger partial charge in [0.15, 0.2) is 0 Å². The predicted molar refractivity (Wildman–Crippen MR) is 196 cm³/mol. The summed E-state index contributed by atoms with van der Waals surface area (Å²) in [7, 11) is 1.49. The molecule has 0 aliphatic carbocycles. The summed E-state index contributed by atoms with van der Waals surface area (Å²) < 4.78 is 18.5. The van der Waals surface area contributed by atoms with Crippen molar-refractivity contribution in [2.24, 2.45) is 11.8 Å². The number of nitrogens with zero attached hydrogens (tertiary/aromatic N) is 2. The molecule has 0 saturated carbocycles. The van der Waals surface area contributed by atoms with Crippen molar-refractivity contribution in [3.8, 4) is 0 Å². The van der Waals surface area contributed by atoms with Crippen LogP contribution in [0.5, 0.6) is 0 Å². The second-order valence-electron chi connectivity index (χ2n) is 13.1. The molecule has 3 fully saturated rings. The van der Waals surface area contributed by atoms with Crippen molar-refractivity contribution in [1.82, 2.24) is 10.2 Å². The lowest BCUT2D eigenvalue weighted by Gasteiger charge is -2.39. The van der Waals surface area contributed by atoms with Crippen molar-refractivity contribution in [2.75, 3.05) is 31.8 Å². The summed E-state index contributed by atoms with van der Waals surface area (Å²) in [5, 5.41) is 13.8. The number of allylic oxidation sites excluding steroid dienone is 1. The molecule has 3 aliphatic heterocycles. The number of rotatable bonds is 17. The molecule has 2 N–H and O–H groups in total. The standard InChI is InChI=1S/C38H45BrClN3O8/c1-5-8-18-29(45)41-27(22-49-4)32(23-14-10-9-11-15-23)50-37(48)30-31-35(46)43(24(7-3)21-44)34(38(31)20-25(39)33(30)51-38)36(47)42(19-6-2)28-17-13-12-16-26(28)40/h5-6,9-17,24-25,27,30-34,44H,1-2,7-8,18-22H2,3-4H3,(H,41,45)/t24-,25?,27-,30-,31+,32-,33-,34-,38+/m0/s1. The number of aliphatic hydroxyl groups excluding tert-OH is 1. The van der Waals surface area contributed by atoms with Crippen LogP contribution in [0.3, 0.4) is 0 Å². The minimum absolute atomic E-state index is 0.0326. The number of likely N-dealkylation sites (tertiary alicyclic amines) is 1. The number of methoxy groups -OCH3 is 1. The fourth-order valence-corrected chi connectivity index (χ4v) is 8.98. The average molecular weight is 787 g/mol. The molecule has 0 aromatic heterocycles. The number of ether oxygens (including phenoxy) is 3. The van der Waals surface area contributed by atoms with Gasteiger partial charge in [0.1, 0.15) is 17.7 Å². The quantitative estimate of drug-likeness (QED) is 0.133. The van der Waals surface area contributed by atoms with E-state index in [1.807, 2.05) is 13.0 Å². The molecule has 11 nitrogen and oxygen atoms in total. The van der Waals surface area contributed by atoms with Gasteiger partial charge in [0.05, 0.1) is 53.9 Å². The minimum atomic E-state index is -1.42. The Balaban J connectivity index is 1.55. The van der Waals surface area contributed by atoms with Crippen molar-refractivity contribution in [2.45, 2.75) is 73.4 Å². The van der Waals surface area contributed by atoms with Gasteiger partial charge in [0.25, 0.3) is 5.91 Å². The average Bonchev–Trinajstić information content (AvgIpc) is 3.73. The number of aliphatic hydroxyl groups is 1. The van der Waals surface area contributed by atoms with E-state index in [1.54, 1.807) is 60.7 Å². The van der Waals surface area contributed by atoms with Gasteiger partial charge in [0.2, 0.25) is 11.8 Å². The summed E-state index contributed by atoms with van der Waals surface area (Å²) in [5.74, 6) is -4.11. The fraction of sp³-hybridized carbons (Fsp3) is 0.474. The molecule has 1 unspecified atom stereocenters. The molecule has 0 radical (unpaired) electrons. The lowest BCUT2D eigenvalue weighted by Crippen LogP contribution is -2.59. The van der Waals surface area contributed by atoms with Crippen molar-refractivity contribution < 1.29 is 38.5 Å². The maximum Gasteiger partial charge on any atom is 0.313 e. The lowest BCUT2D eigenvalue weighted by molar-refractivity contribution is -0.163. The second kappa shape index (κ2) is 16.9. The van der Waals surface area contributed by atoms with Crippen molar-refractivity contribution >= 4 is 56.9 Å². The van der Waals surface area contributed by atoms with Crippen LogP contribution in [0.1, 0.15) is 44.3 Å². The zero-order valence-electron chi connectivity index (χ0n) is 28.8. The number of hydrogen-bond donors (Lipinski definition) is 2. The lowest BCUT2D eigenvalue weighted by atomic mass is 9.70. The molecule has 2 aromatic rings. The van der Waals surface area contributed by atoms with Crippen LogP contribution in [0.4, 0.5) is 5.69 Å². The van der Waals surface area contributed by atoms with Crippen molar-refractivity contribution in [3.05, 3.63) is 90.5 Å². The Morgan fingerprint density at radius 2 is 1.88 bits per heavy atom. The van der Waals surface area contributed by atoms with E-state index in [9.17, 15) is 24.3 Å². The Bertz CT molecular complexity index is 1610. The molecule has 2 aromatic carbocycles. The number of anilines is 1. The van der Waals surface area contributed by atoms with Crippen LogP contribution >= 0.6 is 27.5 Å². The summed E-state index contributed by atoms with van der Waals surface area (Å²) in [5.41, 5.74) is -0.380. The monoisotopic (exact) mass is 785 g/mol. The van der Waals surface area contributed by atoms with Crippen LogP contribution in [0.25, 0.3) is 0 Å². The number of hydrogen-bond acceptors (Lipinski definition) is 8. The van der Waals surface area contributed by atoms with Gasteiger partial charge in [-0.3, -0.25) is 19.2 Å². The molecule has 3 heterocycles. The number of halogens is 2. The molecule has 274 valence electrons. The number of para-hydroxylation sites is 1. The Kier molecular flexibility index (Phi) is 12.8. The zero-order chi connectivity index (χ0) is 36.9. The summed E-state index contributed by atoms with van der Waals surface area (Å²) in [6.45, 7) is 9.06. The van der Waals surface area contributed by atoms with E-state index in [4.69, 9.17) is 25.8 Å². The van der Waals surface area contributed by atoms with Gasteiger partial charge < -0.3 is 34.4 Å². The number of amides is 3. The van der Waals surface area contributed by atoms with E-state index in [-0.39, 0.29) is 31.9 Å². The van der Waals surface area contributed by atoms with Gasteiger partial charge >= 0.3 is 5.97 Å². The number of carbonyl (C=O) groups excluding carboxylic acids is 4. The fourth-order valence-electron chi connectivity index (χ4n) is 7.80. The van der Waals surface area contributed by atoms with Crippen LogP contribution < -0.4 is 10.2 Å². The Morgan fingerprint density at radius 3 is 2.51 bits per heavy atom. The van der Waals surface area contributed by atoms with Crippen LogP contribution in [-0.2, 0) is 33.4 Å². The number of alkyl halides is 1. The highest BCUT2D eigenvalue weighted by atomic mass is 79.9. The van der Waals surface area contributed by atoms with Crippen LogP contribution in [0.15, 0.2) is 79.9 Å². The van der Waals surface area contributed by atoms with Gasteiger partial charge in [-0.1, -0.05) is 89.1 Å². The molecular weight excluding hydrogens is 742 g/mol. The van der Waals surface area contributed by atoms with Crippen LogP contribution in [-0.4, -0.2) is 95.2 Å². The summed E-state index contributed by atoms with van der Waals surface area (Å²) in [6, 6.07) is 13.2. The molecule has 9 atom stereocenters. The largest absolute Gasteiger partial charge is 0.455 e. The van der Waals surface area contributed by atoms with Gasteiger partial charge in [-0.15, -0.1) is 13.2 Å². The first-order valence-corrected chi connectivity index (χ1v) is 18.4. The number of benzene rings is 2. The van der Waals surface area contributed by atoms with Gasteiger partial charge in [-0.25, -0.2) is 0 Å². The first-order chi connectivity index (χ1) is 24.6. The first kappa shape index (κ1) is 38.7. The van der Waals surface area contributed by atoms with Crippen LogP contribution in [0.2, 0.25) is 5.02 Å². The van der Waals surface area contributed by atoms with E-state index < -0.39 is 77.0 Å². The second-order valence-corrected chi connectivity index (χ2v) is 14.7. The van der Waals surface area contributed by atoms with E-state index in [2.05, 4.69) is 34.4 Å². The van der Waals surface area contributed by atoms with Gasteiger partial charge in [0, 0.05) is 24.9 Å². The van der Waals surface area contributed by atoms with E-state index >= 15 is 0 Å². The zero-order valence-corrected chi connectivity index (χ0v) is 31.1. The maximum absolute atomic E-state index is 14.9. The van der Waals surface area contributed by atoms with Crippen LogP contribution in [0, 0.1) is 11.8 Å². The SMILES string of the molecule is C=CCCC(=O)N[C@@H](COC)[C@@H](OC(=O)[C@@H]1[C@H]2O[C@@]3(CC2Br)[C@H](C(=O)N(CC=C)c2ccccc2Cl)N([C@@H](CC)CO)C(=O)[C@@H]13)c1ccccc1. The number of esters is 1. The van der Waals surface area contributed by atoms with E-state index in [0.717, 1.165) is 0 Å². The number of carbonyl (C=O) groups is 4. The van der Waals surface area contributed by atoms with Gasteiger partial charge in [-0.2, -0.15) is 0 Å². The summed E-state index contributed by atoms with van der Waals surface area (Å²) in [6.07, 6.45) is 2.68. The molecule has 13 heteroatoms. The number of fused-ring (bicyclic) bond motifs is 1. The topological polar surface area (TPSA) is 135 Å².